The molecule has 0 nitrogen and oxygen atoms in total. The fourth-order valence-electron chi connectivity index (χ4n) is 3.71. The summed E-state index contributed by atoms with van der Waals surface area (Å²) in [6.45, 7) is 4.65. The Morgan fingerprint density at radius 2 is 1.11 bits per heavy atom. The van der Waals surface area contributed by atoms with Crippen LogP contribution in [0.15, 0.2) is 0 Å². The second-order valence-corrected chi connectivity index (χ2v) is 6.50. The molecule has 0 saturated heterocycles. The Labute approximate surface area is 116 Å². The first-order valence-electron chi connectivity index (χ1n) is 8.88. The summed E-state index contributed by atoms with van der Waals surface area (Å²) in [5, 5.41) is 0. The van der Waals surface area contributed by atoms with Crippen molar-refractivity contribution in [2.75, 3.05) is 0 Å². The number of hydrogen-bond donors (Lipinski definition) is 0. The largest absolute Gasteiger partial charge is 0.0654 e. The highest BCUT2D eigenvalue weighted by Crippen LogP contribution is 2.35. The maximum Gasteiger partial charge on any atom is -0.0386 e. The van der Waals surface area contributed by atoms with E-state index >= 15 is 0 Å². The van der Waals surface area contributed by atoms with Gasteiger partial charge in [0.15, 0.2) is 0 Å². The molecule has 0 aliphatic heterocycles. The zero-order valence-electron chi connectivity index (χ0n) is 13.1. The standard InChI is InChI=1S/C18H36/c1-3-5-7-10-14-18-16-12-8-11-15-17(18)13-9-6-4-2/h17-18H,3-16H2,1-2H3. The molecule has 0 amide bonds. The van der Waals surface area contributed by atoms with E-state index < -0.39 is 0 Å². The molecule has 0 heteroatoms. The minimum absolute atomic E-state index is 1.08. The van der Waals surface area contributed by atoms with E-state index in [4.69, 9.17) is 0 Å². The van der Waals surface area contributed by atoms with E-state index in [1.807, 2.05) is 0 Å². The molecule has 0 aromatic carbocycles. The molecule has 1 aliphatic carbocycles. The number of hydrogen-bond acceptors (Lipinski definition) is 0. The Hall–Kier alpha value is 0. The van der Waals surface area contributed by atoms with Crippen molar-refractivity contribution in [2.45, 2.75) is 104 Å². The van der Waals surface area contributed by atoms with Crippen molar-refractivity contribution in [3.8, 4) is 0 Å². The van der Waals surface area contributed by atoms with Crippen molar-refractivity contribution >= 4 is 0 Å². The van der Waals surface area contributed by atoms with Gasteiger partial charge in [0.25, 0.3) is 0 Å². The molecule has 108 valence electrons. The van der Waals surface area contributed by atoms with Crippen LogP contribution in [0, 0.1) is 11.8 Å². The number of unbranched alkanes of at least 4 members (excludes halogenated alkanes) is 5. The molecule has 0 aromatic heterocycles. The van der Waals surface area contributed by atoms with Crippen molar-refractivity contribution in [3.63, 3.8) is 0 Å². The fourth-order valence-corrected chi connectivity index (χ4v) is 3.71. The van der Waals surface area contributed by atoms with Crippen LogP contribution < -0.4 is 0 Å². The summed E-state index contributed by atoms with van der Waals surface area (Å²) in [4.78, 5) is 0. The van der Waals surface area contributed by atoms with E-state index in [-0.39, 0.29) is 0 Å². The van der Waals surface area contributed by atoms with Gasteiger partial charge in [0.05, 0.1) is 0 Å². The van der Waals surface area contributed by atoms with Crippen LogP contribution >= 0.6 is 0 Å². The van der Waals surface area contributed by atoms with Gasteiger partial charge in [-0.3, -0.25) is 0 Å². The van der Waals surface area contributed by atoms with E-state index in [9.17, 15) is 0 Å². The Balaban J connectivity index is 2.27. The highest BCUT2D eigenvalue weighted by atomic mass is 14.3. The Morgan fingerprint density at radius 3 is 1.67 bits per heavy atom. The molecule has 0 spiro atoms. The van der Waals surface area contributed by atoms with Crippen LogP contribution in [-0.4, -0.2) is 0 Å². The maximum absolute atomic E-state index is 2.33. The molecule has 1 fully saturated rings. The zero-order valence-corrected chi connectivity index (χ0v) is 13.1. The molecule has 1 saturated carbocycles. The van der Waals surface area contributed by atoms with Gasteiger partial charge in [-0.25, -0.2) is 0 Å². The summed E-state index contributed by atoms with van der Waals surface area (Å²) in [6, 6.07) is 0. The predicted molar refractivity (Wildman–Crippen MR) is 83.0 cm³/mol. The summed E-state index contributed by atoms with van der Waals surface area (Å²) >= 11 is 0. The molecule has 2 unspecified atom stereocenters. The summed E-state index contributed by atoms with van der Waals surface area (Å²) < 4.78 is 0. The molecule has 18 heavy (non-hydrogen) atoms. The quantitative estimate of drug-likeness (QED) is 0.315. The average molecular weight is 252 g/mol. The molecule has 2 atom stereocenters. The van der Waals surface area contributed by atoms with Crippen LogP contribution in [0.1, 0.15) is 104 Å². The molecule has 0 bridgehead atoms. The van der Waals surface area contributed by atoms with E-state index in [2.05, 4.69) is 13.8 Å². The van der Waals surface area contributed by atoms with Crippen molar-refractivity contribution in [1.82, 2.24) is 0 Å². The molecule has 0 heterocycles. The second kappa shape index (κ2) is 10.9. The second-order valence-electron chi connectivity index (χ2n) is 6.50. The smallest absolute Gasteiger partial charge is 0.0386 e. The van der Waals surface area contributed by atoms with Gasteiger partial charge >= 0.3 is 0 Å². The van der Waals surface area contributed by atoms with Gasteiger partial charge in [-0.2, -0.15) is 0 Å². The lowest BCUT2D eigenvalue weighted by Crippen LogP contribution is -2.13. The molecule has 1 aliphatic rings. The van der Waals surface area contributed by atoms with Crippen molar-refractivity contribution in [1.29, 1.82) is 0 Å². The molecule has 0 N–H and O–H groups in total. The monoisotopic (exact) mass is 252 g/mol. The molecular formula is C18H36. The van der Waals surface area contributed by atoms with Crippen LogP contribution in [0.25, 0.3) is 0 Å². The van der Waals surface area contributed by atoms with Crippen LogP contribution in [0.4, 0.5) is 0 Å². The van der Waals surface area contributed by atoms with Crippen LogP contribution in [0.5, 0.6) is 0 Å². The highest BCUT2D eigenvalue weighted by molar-refractivity contribution is 4.74. The highest BCUT2D eigenvalue weighted by Gasteiger charge is 2.22. The van der Waals surface area contributed by atoms with Gasteiger partial charge in [-0.1, -0.05) is 104 Å². The van der Waals surface area contributed by atoms with Gasteiger partial charge in [-0.15, -0.1) is 0 Å². The zero-order chi connectivity index (χ0) is 13.1. The van der Waals surface area contributed by atoms with Crippen molar-refractivity contribution in [3.05, 3.63) is 0 Å². The summed E-state index contributed by atoms with van der Waals surface area (Å²) in [5.74, 6) is 2.17. The summed E-state index contributed by atoms with van der Waals surface area (Å²) in [5.41, 5.74) is 0. The van der Waals surface area contributed by atoms with E-state index in [1.165, 1.54) is 77.0 Å². The molecule has 0 aromatic rings. The van der Waals surface area contributed by atoms with Crippen molar-refractivity contribution in [2.24, 2.45) is 11.8 Å². The third-order valence-electron chi connectivity index (χ3n) is 4.92. The van der Waals surface area contributed by atoms with Gasteiger partial charge in [-0.05, 0) is 11.8 Å². The average Bonchev–Trinajstić information content (AvgIpc) is 2.61. The van der Waals surface area contributed by atoms with Crippen LogP contribution in [0.2, 0.25) is 0 Å². The van der Waals surface area contributed by atoms with Gasteiger partial charge in [0.1, 0.15) is 0 Å². The van der Waals surface area contributed by atoms with E-state index in [0.717, 1.165) is 11.8 Å². The first kappa shape index (κ1) is 16.1. The van der Waals surface area contributed by atoms with Crippen molar-refractivity contribution < 1.29 is 0 Å². The lowest BCUT2D eigenvalue weighted by atomic mass is 9.81. The van der Waals surface area contributed by atoms with Gasteiger partial charge < -0.3 is 0 Å². The molecule has 1 rings (SSSR count). The molecular weight excluding hydrogens is 216 g/mol. The van der Waals surface area contributed by atoms with Gasteiger partial charge in [0.2, 0.25) is 0 Å². The van der Waals surface area contributed by atoms with Crippen LogP contribution in [0.3, 0.4) is 0 Å². The van der Waals surface area contributed by atoms with E-state index in [0.29, 0.717) is 0 Å². The predicted octanol–water partition coefficient (Wildman–Crippen LogP) is 6.73. The molecule has 0 radical (unpaired) electrons. The number of rotatable bonds is 9. The maximum atomic E-state index is 2.33. The Kier molecular flexibility index (Phi) is 9.70. The minimum atomic E-state index is 1.08. The van der Waals surface area contributed by atoms with E-state index in [1.54, 1.807) is 12.8 Å². The lowest BCUT2D eigenvalue weighted by Gasteiger charge is -2.25. The minimum Gasteiger partial charge on any atom is -0.0654 e. The lowest BCUT2D eigenvalue weighted by molar-refractivity contribution is 0.264. The normalized spacial score (nSPS) is 25.0. The van der Waals surface area contributed by atoms with Crippen LogP contribution in [-0.2, 0) is 0 Å². The van der Waals surface area contributed by atoms with Gasteiger partial charge in [0, 0.05) is 0 Å². The third kappa shape index (κ3) is 6.81. The Morgan fingerprint density at radius 1 is 0.611 bits per heavy atom. The first-order chi connectivity index (χ1) is 8.88. The SMILES string of the molecule is CCCCCCC1CCCCCC1CCCCC. The fraction of sp³-hybridized carbons (Fsp3) is 1.00. The summed E-state index contributed by atoms with van der Waals surface area (Å²) in [6.07, 6.45) is 20.9. The first-order valence-corrected chi connectivity index (χ1v) is 8.88. The third-order valence-corrected chi connectivity index (χ3v) is 4.92. The Bertz CT molecular complexity index is 173. The topological polar surface area (TPSA) is 0 Å². The summed E-state index contributed by atoms with van der Waals surface area (Å²) in [7, 11) is 0.